The first kappa shape index (κ1) is 12.6. The topological polar surface area (TPSA) is 49.3 Å². The van der Waals surface area contributed by atoms with E-state index in [1.807, 2.05) is 13.0 Å². The molecule has 0 aliphatic rings. The van der Waals surface area contributed by atoms with Gasteiger partial charge in [-0.3, -0.25) is 4.79 Å². The van der Waals surface area contributed by atoms with Gasteiger partial charge >= 0.3 is 5.97 Å². The predicted molar refractivity (Wildman–Crippen MR) is 59.7 cm³/mol. The molecule has 0 spiro atoms. The number of hydrogen-bond donors (Lipinski definition) is 2. The summed E-state index contributed by atoms with van der Waals surface area (Å²) >= 11 is 0. The van der Waals surface area contributed by atoms with Gasteiger partial charge in [-0.15, -0.1) is 0 Å². The molecule has 88 valence electrons. The summed E-state index contributed by atoms with van der Waals surface area (Å²) in [6.07, 6.45) is 0.0552. The van der Waals surface area contributed by atoms with E-state index in [4.69, 9.17) is 5.11 Å². The second-order valence-electron chi connectivity index (χ2n) is 3.94. The molecular weight excluding hydrogens is 209 g/mol. The maximum absolute atomic E-state index is 13.0. The molecular formula is C12H16FNO2. The Morgan fingerprint density at radius 1 is 1.50 bits per heavy atom. The van der Waals surface area contributed by atoms with Gasteiger partial charge in [0.25, 0.3) is 0 Å². The number of aliphatic carboxylic acids is 1. The van der Waals surface area contributed by atoms with Crippen LogP contribution in [-0.2, 0) is 4.79 Å². The van der Waals surface area contributed by atoms with Crippen LogP contribution in [0.2, 0.25) is 0 Å². The highest BCUT2D eigenvalue weighted by atomic mass is 19.1. The number of carbonyl (C=O) groups is 1. The summed E-state index contributed by atoms with van der Waals surface area (Å²) in [5.41, 5.74) is 0.817. The number of benzene rings is 1. The summed E-state index contributed by atoms with van der Waals surface area (Å²) in [6.45, 7) is 3.68. The number of rotatable bonds is 5. The zero-order valence-electron chi connectivity index (χ0n) is 9.40. The minimum Gasteiger partial charge on any atom is -0.481 e. The van der Waals surface area contributed by atoms with Crippen molar-refractivity contribution in [2.75, 3.05) is 0 Å². The van der Waals surface area contributed by atoms with Crippen LogP contribution in [-0.4, -0.2) is 17.1 Å². The smallest absolute Gasteiger partial charge is 0.304 e. The molecule has 2 N–H and O–H groups in total. The molecule has 0 aromatic heterocycles. The van der Waals surface area contributed by atoms with Gasteiger partial charge in [-0.25, -0.2) is 4.39 Å². The highest BCUT2D eigenvalue weighted by Crippen LogP contribution is 2.14. The van der Waals surface area contributed by atoms with Crippen molar-refractivity contribution < 1.29 is 14.3 Å². The van der Waals surface area contributed by atoms with E-state index in [2.05, 4.69) is 5.32 Å². The maximum atomic E-state index is 13.0. The highest BCUT2D eigenvalue weighted by molar-refractivity contribution is 5.67. The SMILES string of the molecule is CC(CC(=O)O)NC(C)c1cccc(F)c1. The first-order chi connectivity index (χ1) is 7.49. The largest absolute Gasteiger partial charge is 0.481 e. The molecule has 0 heterocycles. The lowest BCUT2D eigenvalue weighted by atomic mass is 10.1. The Morgan fingerprint density at radius 2 is 2.19 bits per heavy atom. The van der Waals surface area contributed by atoms with E-state index in [1.54, 1.807) is 13.0 Å². The Kier molecular flexibility index (Phi) is 4.43. The van der Waals surface area contributed by atoms with Gasteiger partial charge < -0.3 is 10.4 Å². The zero-order chi connectivity index (χ0) is 12.1. The molecule has 1 rings (SSSR count). The van der Waals surface area contributed by atoms with Crippen LogP contribution in [0.25, 0.3) is 0 Å². The number of hydrogen-bond acceptors (Lipinski definition) is 2. The average Bonchev–Trinajstić information content (AvgIpc) is 2.16. The van der Waals surface area contributed by atoms with Crippen LogP contribution in [0.15, 0.2) is 24.3 Å². The van der Waals surface area contributed by atoms with Gasteiger partial charge in [0.1, 0.15) is 5.82 Å². The Hall–Kier alpha value is -1.42. The van der Waals surface area contributed by atoms with E-state index in [9.17, 15) is 9.18 Å². The monoisotopic (exact) mass is 225 g/mol. The van der Waals surface area contributed by atoms with Gasteiger partial charge in [-0.05, 0) is 31.5 Å². The van der Waals surface area contributed by atoms with Gasteiger partial charge in [0.2, 0.25) is 0 Å². The summed E-state index contributed by atoms with van der Waals surface area (Å²) in [6, 6.07) is 6.09. The number of carboxylic acids is 1. The molecule has 0 saturated carbocycles. The second kappa shape index (κ2) is 5.61. The summed E-state index contributed by atoms with van der Waals surface area (Å²) in [5.74, 6) is -1.12. The van der Waals surface area contributed by atoms with Crippen LogP contribution in [0.4, 0.5) is 4.39 Å². The molecule has 0 fully saturated rings. The first-order valence-electron chi connectivity index (χ1n) is 5.22. The predicted octanol–water partition coefficient (Wildman–Crippen LogP) is 2.34. The first-order valence-corrected chi connectivity index (χ1v) is 5.22. The zero-order valence-corrected chi connectivity index (χ0v) is 9.40. The molecule has 0 bridgehead atoms. The average molecular weight is 225 g/mol. The van der Waals surface area contributed by atoms with Crippen LogP contribution in [0.1, 0.15) is 31.9 Å². The van der Waals surface area contributed by atoms with Gasteiger partial charge in [0.05, 0.1) is 6.42 Å². The van der Waals surface area contributed by atoms with E-state index in [1.165, 1.54) is 12.1 Å². The van der Waals surface area contributed by atoms with Crippen molar-refractivity contribution in [1.82, 2.24) is 5.32 Å². The lowest BCUT2D eigenvalue weighted by Crippen LogP contribution is -2.30. The van der Waals surface area contributed by atoms with E-state index in [0.29, 0.717) is 0 Å². The Morgan fingerprint density at radius 3 is 2.75 bits per heavy atom. The fourth-order valence-electron chi connectivity index (χ4n) is 1.62. The minimum atomic E-state index is -0.841. The van der Waals surface area contributed by atoms with Crippen LogP contribution in [0, 0.1) is 5.82 Å². The Bertz CT molecular complexity index is 368. The molecule has 16 heavy (non-hydrogen) atoms. The minimum absolute atomic E-state index is 0.0552. The summed E-state index contributed by atoms with van der Waals surface area (Å²) < 4.78 is 13.0. The van der Waals surface area contributed by atoms with Gasteiger partial charge in [0, 0.05) is 12.1 Å². The summed E-state index contributed by atoms with van der Waals surface area (Å²) in [7, 11) is 0. The molecule has 1 aromatic carbocycles. The normalized spacial score (nSPS) is 14.4. The van der Waals surface area contributed by atoms with Crippen molar-refractivity contribution in [3.05, 3.63) is 35.6 Å². The lowest BCUT2D eigenvalue weighted by molar-refractivity contribution is -0.137. The lowest BCUT2D eigenvalue weighted by Gasteiger charge is -2.19. The van der Waals surface area contributed by atoms with Crippen molar-refractivity contribution in [3.8, 4) is 0 Å². The van der Waals surface area contributed by atoms with Gasteiger partial charge in [-0.1, -0.05) is 12.1 Å². The van der Waals surface area contributed by atoms with E-state index < -0.39 is 5.97 Å². The van der Waals surface area contributed by atoms with Crippen LogP contribution < -0.4 is 5.32 Å². The van der Waals surface area contributed by atoms with Crippen molar-refractivity contribution in [3.63, 3.8) is 0 Å². The molecule has 1 aromatic rings. The van der Waals surface area contributed by atoms with Crippen LogP contribution >= 0.6 is 0 Å². The van der Waals surface area contributed by atoms with Crippen molar-refractivity contribution in [2.45, 2.75) is 32.4 Å². The second-order valence-corrected chi connectivity index (χ2v) is 3.94. The highest BCUT2D eigenvalue weighted by Gasteiger charge is 2.12. The molecule has 0 saturated heterocycles. The number of carboxylic acid groups (broad SMARTS) is 1. The van der Waals surface area contributed by atoms with Crippen molar-refractivity contribution >= 4 is 5.97 Å². The Labute approximate surface area is 94.3 Å². The van der Waals surface area contributed by atoms with Crippen molar-refractivity contribution in [2.24, 2.45) is 0 Å². The standard InChI is InChI=1S/C12H16FNO2/c1-8(6-12(15)16)14-9(2)10-4-3-5-11(13)7-10/h3-5,7-9,14H,6H2,1-2H3,(H,15,16). The third-order valence-corrected chi connectivity index (χ3v) is 2.36. The van der Waals surface area contributed by atoms with Gasteiger partial charge in [-0.2, -0.15) is 0 Å². The molecule has 4 heteroatoms. The van der Waals surface area contributed by atoms with Gasteiger partial charge in [0.15, 0.2) is 0 Å². The molecule has 0 amide bonds. The number of halogens is 1. The summed E-state index contributed by atoms with van der Waals surface area (Å²) in [4.78, 5) is 10.5. The van der Waals surface area contributed by atoms with E-state index in [0.717, 1.165) is 5.56 Å². The van der Waals surface area contributed by atoms with Crippen LogP contribution in [0.3, 0.4) is 0 Å². The fraction of sp³-hybridized carbons (Fsp3) is 0.417. The van der Waals surface area contributed by atoms with E-state index >= 15 is 0 Å². The fourth-order valence-corrected chi connectivity index (χ4v) is 1.62. The maximum Gasteiger partial charge on any atom is 0.304 e. The number of nitrogens with one attached hydrogen (secondary N) is 1. The molecule has 0 radical (unpaired) electrons. The third-order valence-electron chi connectivity index (χ3n) is 2.36. The third kappa shape index (κ3) is 3.98. The van der Waals surface area contributed by atoms with E-state index in [-0.39, 0.29) is 24.3 Å². The Balaban J connectivity index is 2.58. The molecule has 2 atom stereocenters. The van der Waals surface area contributed by atoms with Crippen LogP contribution in [0.5, 0.6) is 0 Å². The molecule has 0 aliphatic carbocycles. The molecule has 3 nitrogen and oxygen atoms in total. The van der Waals surface area contributed by atoms with Crippen molar-refractivity contribution in [1.29, 1.82) is 0 Å². The quantitative estimate of drug-likeness (QED) is 0.808. The molecule has 0 aliphatic heterocycles. The summed E-state index contributed by atoms with van der Waals surface area (Å²) in [5, 5.41) is 11.7. The molecule has 2 unspecified atom stereocenters.